The lowest BCUT2D eigenvalue weighted by atomic mass is 10.0. The molecule has 0 spiro atoms. The Morgan fingerprint density at radius 2 is 1.74 bits per heavy atom. The van der Waals surface area contributed by atoms with Gasteiger partial charge in [0.2, 0.25) is 0 Å². The Hall–Kier alpha value is -2.96. The van der Waals surface area contributed by atoms with Gasteiger partial charge in [0, 0.05) is 58.1 Å². The third-order valence-corrected chi connectivity index (χ3v) is 5.93. The second-order valence-electron chi connectivity index (χ2n) is 8.07. The Labute approximate surface area is 185 Å². The second kappa shape index (κ2) is 10.9. The fourth-order valence-electron chi connectivity index (χ4n) is 3.97. The number of likely N-dealkylation sites (tertiary alicyclic amines) is 1. The molecular formula is C25H33N5O. The molecule has 0 radical (unpaired) electrons. The minimum absolute atomic E-state index is 0.0405. The molecule has 1 aliphatic heterocycles. The minimum atomic E-state index is -0.0405. The van der Waals surface area contributed by atoms with Crippen LogP contribution in [-0.2, 0) is 13.1 Å². The monoisotopic (exact) mass is 419 g/mol. The van der Waals surface area contributed by atoms with Crippen molar-refractivity contribution in [3.8, 4) is 0 Å². The van der Waals surface area contributed by atoms with Gasteiger partial charge in [-0.1, -0.05) is 54.6 Å². The number of hydrogen-bond acceptors (Lipinski definition) is 4. The molecule has 2 amide bonds. The maximum Gasteiger partial charge on any atom is 0.323 e. The summed E-state index contributed by atoms with van der Waals surface area (Å²) in [4.78, 5) is 23.0. The summed E-state index contributed by atoms with van der Waals surface area (Å²) in [5.74, 6) is 0. The van der Waals surface area contributed by atoms with Crippen LogP contribution in [-0.4, -0.2) is 60.7 Å². The predicted octanol–water partition coefficient (Wildman–Crippen LogP) is 3.79. The van der Waals surface area contributed by atoms with Crippen LogP contribution in [0.15, 0.2) is 65.8 Å². The fourth-order valence-corrected chi connectivity index (χ4v) is 3.97. The first-order valence-electron chi connectivity index (χ1n) is 10.8. The smallest absolute Gasteiger partial charge is 0.323 e. The highest BCUT2D eigenvalue weighted by atomic mass is 16.2. The number of nitrogens with two attached hydrogens (primary N) is 1. The number of aliphatic imine (C=N–C) groups is 1. The molecule has 3 rings (SSSR count). The van der Waals surface area contributed by atoms with E-state index in [2.05, 4.69) is 40.9 Å². The van der Waals surface area contributed by atoms with Gasteiger partial charge in [0.15, 0.2) is 0 Å². The van der Waals surface area contributed by atoms with Gasteiger partial charge in [-0.15, -0.1) is 0 Å². The first kappa shape index (κ1) is 22.7. The van der Waals surface area contributed by atoms with Crippen molar-refractivity contribution in [2.75, 3.05) is 27.2 Å². The zero-order chi connectivity index (χ0) is 22.2. The molecule has 0 aliphatic carbocycles. The number of rotatable bonds is 7. The van der Waals surface area contributed by atoms with Crippen LogP contribution in [0.5, 0.6) is 0 Å². The summed E-state index contributed by atoms with van der Waals surface area (Å²) in [5, 5.41) is 0. The first-order chi connectivity index (χ1) is 15.0. The summed E-state index contributed by atoms with van der Waals surface area (Å²) in [6.45, 7) is 7.11. The molecule has 31 heavy (non-hydrogen) atoms. The van der Waals surface area contributed by atoms with Gasteiger partial charge in [0.25, 0.3) is 0 Å². The van der Waals surface area contributed by atoms with Crippen molar-refractivity contribution < 1.29 is 4.79 Å². The molecule has 2 aromatic carbocycles. The van der Waals surface area contributed by atoms with Gasteiger partial charge in [-0.2, -0.15) is 0 Å². The number of nitrogens with zero attached hydrogens (tertiary/aromatic N) is 4. The fraction of sp³-hybridized carbons (Fsp3) is 0.360. The maximum atomic E-state index is 13.0. The standard InChI is InChI=1S/C25H33N5O/c1-27-24(22-11-9-20(17-26)10-12-22)19-28(2)25(31)29(3)23-13-15-30(16-14-23)18-21-7-5-4-6-8-21/h4-12,19,23H,1,13-18,26H2,2-3H3/b24-19-. The molecule has 6 heteroatoms. The molecule has 0 atom stereocenters. The predicted molar refractivity (Wildman–Crippen MR) is 128 cm³/mol. The van der Waals surface area contributed by atoms with Crippen molar-refractivity contribution in [3.63, 3.8) is 0 Å². The van der Waals surface area contributed by atoms with E-state index in [1.807, 2.05) is 42.3 Å². The van der Waals surface area contributed by atoms with Crippen LogP contribution >= 0.6 is 0 Å². The lowest BCUT2D eigenvalue weighted by molar-refractivity contribution is 0.121. The van der Waals surface area contributed by atoms with Crippen molar-refractivity contribution >= 4 is 18.4 Å². The van der Waals surface area contributed by atoms with Crippen molar-refractivity contribution in [1.29, 1.82) is 0 Å². The Morgan fingerprint density at radius 3 is 2.32 bits per heavy atom. The SMILES string of the molecule is C=N/C(=C\N(C)C(=O)N(C)C1CCN(Cc2ccccc2)CC1)c1ccc(CN)cc1. The summed E-state index contributed by atoms with van der Waals surface area (Å²) in [5.41, 5.74) is 9.62. The van der Waals surface area contributed by atoms with Crippen LogP contribution in [0.3, 0.4) is 0 Å². The third kappa shape index (κ3) is 6.03. The molecule has 1 aliphatic rings. The Bertz CT molecular complexity index is 886. The van der Waals surface area contributed by atoms with Crippen molar-refractivity contribution in [2.24, 2.45) is 10.7 Å². The second-order valence-corrected chi connectivity index (χ2v) is 8.07. The normalized spacial score (nSPS) is 15.5. The molecule has 2 aromatic rings. The van der Waals surface area contributed by atoms with Gasteiger partial charge in [-0.25, -0.2) is 4.79 Å². The van der Waals surface area contributed by atoms with Crippen LogP contribution < -0.4 is 5.73 Å². The molecule has 0 aromatic heterocycles. The van der Waals surface area contributed by atoms with E-state index in [1.54, 1.807) is 18.1 Å². The lowest BCUT2D eigenvalue weighted by Crippen LogP contribution is -2.48. The maximum absolute atomic E-state index is 13.0. The number of carbonyl (C=O) groups excluding carboxylic acids is 1. The van der Waals surface area contributed by atoms with Gasteiger partial charge in [-0.3, -0.25) is 9.89 Å². The van der Waals surface area contributed by atoms with E-state index in [0.29, 0.717) is 12.2 Å². The third-order valence-electron chi connectivity index (χ3n) is 5.93. The Morgan fingerprint density at radius 1 is 1.10 bits per heavy atom. The van der Waals surface area contributed by atoms with E-state index in [-0.39, 0.29) is 12.1 Å². The van der Waals surface area contributed by atoms with Crippen LogP contribution in [0.1, 0.15) is 29.5 Å². The molecule has 164 valence electrons. The molecule has 1 fully saturated rings. The Kier molecular flexibility index (Phi) is 7.98. The van der Waals surface area contributed by atoms with Crippen LogP contribution in [0.2, 0.25) is 0 Å². The minimum Gasteiger partial charge on any atom is -0.326 e. The topological polar surface area (TPSA) is 65.2 Å². The highest BCUT2D eigenvalue weighted by Gasteiger charge is 2.26. The molecule has 1 heterocycles. The average Bonchev–Trinajstić information content (AvgIpc) is 2.82. The van der Waals surface area contributed by atoms with Gasteiger partial charge in [0.05, 0.1) is 5.70 Å². The summed E-state index contributed by atoms with van der Waals surface area (Å²) < 4.78 is 0. The number of piperidine rings is 1. The van der Waals surface area contributed by atoms with Gasteiger partial charge in [-0.05, 0) is 30.7 Å². The zero-order valence-electron chi connectivity index (χ0n) is 18.6. The lowest BCUT2D eigenvalue weighted by Gasteiger charge is -2.37. The van der Waals surface area contributed by atoms with Crippen LogP contribution in [0, 0.1) is 0 Å². The van der Waals surface area contributed by atoms with Crippen LogP contribution in [0.25, 0.3) is 5.70 Å². The van der Waals surface area contributed by atoms with E-state index < -0.39 is 0 Å². The van der Waals surface area contributed by atoms with E-state index in [9.17, 15) is 4.79 Å². The molecule has 0 saturated carbocycles. The highest BCUT2D eigenvalue weighted by molar-refractivity contribution is 5.78. The van der Waals surface area contributed by atoms with E-state index in [0.717, 1.165) is 43.6 Å². The van der Waals surface area contributed by atoms with E-state index in [1.165, 1.54) is 5.56 Å². The number of benzene rings is 2. The van der Waals surface area contributed by atoms with E-state index >= 15 is 0 Å². The van der Waals surface area contributed by atoms with Gasteiger partial charge in [0.1, 0.15) is 0 Å². The number of carbonyl (C=O) groups is 1. The number of urea groups is 1. The number of amides is 2. The molecule has 6 nitrogen and oxygen atoms in total. The van der Waals surface area contributed by atoms with Gasteiger partial charge >= 0.3 is 6.03 Å². The van der Waals surface area contributed by atoms with Gasteiger partial charge < -0.3 is 15.5 Å². The van der Waals surface area contributed by atoms with Crippen LogP contribution in [0.4, 0.5) is 4.79 Å². The van der Waals surface area contributed by atoms with Crippen molar-refractivity contribution in [2.45, 2.75) is 32.0 Å². The largest absolute Gasteiger partial charge is 0.326 e. The molecule has 2 N–H and O–H groups in total. The van der Waals surface area contributed by atoms with Crippen molar-refractivity contribution in [1.82, 2.24) is 14.7 Å². The quantitative estimate of drug-likeness (QED) is 0.695. The molecule has 0 unspecified atom stereocenters. The summed E-state index contributed by atoms with van der Waals surface area (Å²) in [7, 11) is 3.66. The molecule has 0 bridgehead atoms. The van der Waals surface area contributed by atoms with E-state index in [4.69, 9.17) is 5.73 Å². The average molecular weight is 420 g/mol. The highest BCUT2D eigenvalue weighted by Crippen LogP contribution is 2.20. The summed E-state index contributed by atoms with van der Waals surface area (Å²) in [6, 6.07) is 18.6. The first-order valence-corrected chi connectivity index (χ1v) is 10.8. The molecule has 1 saturated heterocycles. The summed E-state index contributed by atoms with van der Waals surface area (Å²) in [6.07, 6.45) is 3.69. The Balaban J connectivity index is 1.57. The zero-order valence-corrected chi connectivity index (χ0v) is 18.6. The number of hydrogen-bond donors (Lipinski definition) is 1. The van der Waals surface area contributed by atoms with Crippen molar-refractivity contribution in [3.05, 3.63) is 77.5 Å². The molecular weight excluding hydrogens is 386 g/mol. The summed E-state index contributed by atoms with van der Waals surface area (Å²) >= 11 is 0.